The fraction of sp³-hybridized carbons (Fsp3) is 0.200. The zero-order chi connectivity index (χ0) is 14.7. The van der Waals surface area contributed by atoms with Gasteiger partial charge in [-0.3, -0.25) is 4.79 Å². The van der Waals surface area contributed by atoms with Gasteiger partial charge in [-0.25, -0.2) is 4.79 Å². The predicted molar refractivity (Wildman–Crippen MR) is 75.9 cm³/mol. The molecule has 5 heteroatoms. The number of rotatable bonds is 3. The number of nitrogens with one attached hydrogen (secondary N) is 1. The molecule has 0 saturated heterocycles. The van der Waals surface area contributed by atoms with Crippen molar-refractivity contribution in [1.29, 1.82) is 0 Å². The molecule has 0 fully saturated rings. The molecule has 1 aromatic carbocycles. The molecule has 1 N–H and O–H groups in total. The largest absolute Gasteiger partial charge is 0.465 e. The van der Waals surface area contributed by atoms with Crippen LogP contribution in [0.4, 0.5) is 5.69 Å². The molecule has 0 spiro atoms. The number of hydrogen-bond donors (Lipinski definition) is 1. The van der Waals surface area contributed by atoms with Gasteiger partial charge < -0.3 is 14.6 Å². The first-order chi connectivity index (χ1) is 9.52. The third-order valence-corrected chi connectivity index (χ3v) is 3.17. The predicted octanol–water partition coefficient (Wildman–Crippen LogP) is 2.37. The van der Waals surface area contributed by atoms with Crippen LogP contribution < -0.4 is 5.32 Å². The van der Waals surface area contributed by atoms with Crippen molar-refractivity contribution in [2.75, 3.05) is 12.4 Å². The van der Waals surface area contributed by atoms with Crippen molar-refractivity contribution in [3.05, 3.63) is 53.3 Å². The Hall–Kier alpha value is -2.56. The number of benzene rings is 1. The second-order valence-corrected chi connectivity index (χ2v) is 4.44. The number of carbonyl (C=O) groups excluding carboxylic acids is 2. The van der Waals surface area contributed by atoms with Gasteiger partial charge >= 0.3 is 5.97 Å². The number of hydrogen-bond acceptors (Lipinski definition) is 3. The summed E-state index contributed by atoms with van der Waals surface area (Å²) in [4.78, 5) is 23.4. The number of aryl methyl sites for hydroxylation is 1. The van der Waals surface area contributed by atoms with E-state index in [1.807, 2.05) is 24.6 Å². The molecular formula is C15H16N2O3. The Morgan fingerprint density at radius 1 is 1.10 bits per heavy atom. The molecule has 0 unspecified atom stereocenters. The van der Waals surface area contributed by atoms with Crippen LogP contribution in [0.5, 0.6) is 0 Å². The molecular weight excluding hydrogens is 256 g/mol. The van der Waals surface area contributed by atoms with E-state index in [9.17, 15) is 9.59 Å². The van der Waals surface area contributed by atoms with E-state index in [1.165, 1.54) is 7.11 Å². The number of methoxy groups -OCH3 is 1. The lowest BCUT2D eigenvalue weighted by atomic mass is 10.2. The average molecular weight is 272 g/mol. The SMILES string of the molecule is COC(=O)c1ccc(NC(=O)c2ccc(C)n2C)cc1. The van der Waals surface area contributed by atoms with Gasteiger partial charge in [-0.1, -0.05) is 0 Å². The molecule has 2 rings (SSSR count). The van der Waals surface area contributed by atoms with Crippen molar-refractivity contribution in [1.82, 2.24) is 4.57 Å². The van der Waals surface area contributed by atoms with Crippen LogP contribution in [0.1, 0.15) is 26.5 Å². The van der Waals surface area contributed by atoms with Gasteiger partial charge in [0, 0.05) is 18.4 Å². The highest BCUT2D eigenvalue weighted by Gasteiger charge is 2.11. The fourth-order valence-electron chi connectivity index (χ4n) is 1.84. The summed E-state index contributed by atoms with van der Waals surface area (Å²) in [6.07, 6.45) is 0. The number of esters is 1. The smallest absolute Gasteiger partial charge is 0.337 e. The number of amides is 1. The molecule has 20 heavy (non-hydrogen) atoms. The summed E-state index contributed by atoms with van der Waals surface area (Å²) in [6, 6.07) is 10.2. The van der Waals surface area contributed by atoms with Crippen LogP contribution >= 0.6 is 0 Å². The normalized spacial score (nSPS) is 10.2. The Balaban J connectivity index is 2.12. The molecule has 0 saturated carbocycles. The van der Waals surface area contributed by atoms with Gasteiger partial charge in [-0.2, -0.15) is 0 Å². The highest BCUT2D eigenvalue weighted by Crippen LogP contribution is 2.13. The molecule has 0 aliphatic rings. The van der Waals surface area contributed by atoms with Crippen molar-refractivity contribution >= 4 is 17.6 Å². The summed E-state index contributed by atoms with van der Waals surface area (Å²) >= 11 is 0. The van der Waals surface area contributed by atoms with E-state index in [0.717, 1.165) is 5.69 Å². The van der Waals surface area contributed by atoms with Crippen LogP contribution in [0.3, 0.4) is 0 Å². The van der Waals surface area contributed by atoms with Gasteiger partial charge in [-0.15, -0.1) is 0 Å². The molecule has 1 heterocycles. The highest BCUT2D eigenvalue weighted by molar-refractivity contribution is 6.03. The maximum Gasteiger partial charge on any atom is 0.337 e. The molecule has 5 nitrogen and oxygen atoms in total. The van der Waals surface area contributed by atoms with Crippen LogP contribution in [-0.4, -0.2) is 23.6 Å². The Kier molecular flexibility index (Phi) is 3.89. The first-order valence-electron chi connectivity index (χ1n) is 6.15. The van der Waals surface area contributed by atoms with Crippen molar-refractivity contribution in [2.45, 2.75) is 6.92 Å². The topological polar surface area (TPSA) is 60.3 Å². The van der Waals surface area contributed by atoms with Crippen molar-refractivity contribution < 1.29 is 14.3 Å². The Morgan fingerprint density at radius 3 is 2.25 bits per heavy atom. The van der Waals surface area contributed by atoms with Gasteiger partial charge in [0.1, 0.15) is 5.69 Å². The van der Waals surface area contributed by atoms with Gasteiger partial charge in [0.15, 0.2) is 0 Å². The molecule has 1 amide bonds. The third-order valence-electron chi connectivity index (χ3n) is 3.17. The zero-order valence-corrected chi connectivity index (χ0v) is 11.6. The van der Waals surface area contributed by atoms with E-state index in [0.29, 0.717) is 16.9 Å². The second kappa shape index (κ2) is 5.61. The summed E-state index contributed by atoms with van der Waals surface area (Å²) < 4.78 is 6.43. The minimum atomic E-state index is -0.402. The quantitative estimate of drug-likeness (QED) is 0.873. The van der Waals surface area contributed by atoms with Crippen molar-refractivity contribution in [2.24, 2.45) is 7.05 Å². The third kappa shape index (κ3) is 2.71. The monoisotopic (exact) mass is 272 g/mol. The lowest BCUT2D eigenvalue weighted by molar-refractivity contribution is 0.0600. The Labute approximate surface area is 117 Å². The fourth-order valence-corrected chi connectivity index (χ4v) is 1.84. The summed E-state index contributed by atoms with van der Waals surface area (Å²) in [7, 11) is 3.17. The van der Waals surface area contributed by atoms with Crippen molar-refractivity contribution in [3.8, 4) is 0 Å². The molecule has 0 radical (unpaired) electrons. The van der Waals surface area contributed by atoms with E-state index in [4.69, 9.17) is 0 Å². The van der Waals surface area contributed by atoms with Crippen LogP contribution in [0.2, 0.25) is 0 Å². The number of nitrogens with zero attached hydrogens (tertiary/aromatic N) is 1. The number of anilines is 1. The summed E-state index contributed by atoms with van der Waals surface area (Å²) in [5, 5.41) is 2.78. The molecule has 0 aliphatic heterocycles. The van der Waals surface area contributed by atoms with E-state index in [1.54, 1.807) is 30.3 Å². The maximum absolute atomic E-state index is 12.1. The van der Waals surface area contributed by atoms with E-state index in [-0.39, 0.29) is 5.91 Å². The first-order valence-corrected chi connectivity index (χ1v) is 6.15. The van der Waals surface area contributed by atoms with Gasteiger partial charge in [0.25, 0.3) is 5.91 Å². The van der Waals surface area contributed by atoms with Crippen molar-refractivity contribution in [3.63, 3.8) is 0 Å². The number of aromatic nitrogens is 1. The standard InChI is InChI=1S/C15H16N2O3/c1-10-4-9-13(17(10)2)14(18)16-12-7-5-11(6-8-12)15(19)20-3/h4-9H,1-3H3,(H,16,18). The summed E-state index contributed by atoms with van der Waals surface area (Å²) in [6.45, 7) is 1.93. The second-order valence-electron chi connectivity index (χ2n) is 4.44. The van der Waals surface area contributed by atoms with E-state index >= 15 is 0 Å². The van der Waals surface area contributed by atoms with Crippen LogP contribution in [0, 0.1) is 6.92 Å². The van der Waals surface area contributed by atoms with Gasteiger partial charge in [-0.05, 0) is 43.3 Å². The Bertz CT molecular complexity index is 642. The lowest BCUT2D eigenvalue weighted by Crippen LogP contribution is -2.16. The molecule has 2 aromatic rings. The molecule has 1 aromatic heterocycles. The van der Waals surface area contributed by atoms with Gasteiger partial charge in [0.05, 0.1) is 12.7 Å². The number of carbonyl (C=O) groups is 2. The number of ether oxygens (including phenoxy) is 1. The minimum absolute atomic E-state index is 0.189. The Morgan fingerprint density at radius 2 is 1.75 bits per heavy atom. The molecule has 104 valence electrons. The molecule has 0 bridgehead atoms. The minimum Gasteiger partial charge on any atom is -0.465 e. The van der Waals surface area contributed by atoms with E-state index < -0.39 is 5.97 Å². The zero-order valence-electron chi connectivity index (χ0n) is 11.6. The summed E-state index contributed by atoms with van der Waals surface area (Å²) in [5.74, 6) is -0.590. The van der Waals surface area contributed by atoms with Crippen LogP contribution in [0.25, 0.3) is 0 Å². The molecule has 0 atom stereocenters. The van der Waals surface area contributed by atoms with E-state index in [2.05, 4.69) is 10.1 Å². The van der Waals surface area contributed by atoms with Crippen LogP contribution in [-0.2, 0) is 11.8 Å². The molecule has 0 aliphatic carbocycles. The van der Waals surface area contributed by atoms with Gasteiger partial charge in [0.2, 0.25) is 0 Å². The maximum atomic E-state index is 12.1. The lowest BCUT2D eigenvalue weighted by Gasteiger charge is -2.07. The highest BCUT2D eigenvalue weighted by atomic mass is 16.5. The first kappa shape index (κ1) is 13.9. The summed E-state index contributed by atoms with van der Waals surface area (Å²) in [5.41, 5.74) is 2.66. The average Bonchev–Trinajstić information content (AvgIpc) is 2.79. The van der Waals surface area contributed by atoms with Crippen LogP contribution in [0.15, 0.2) is 36.4 Å².